The molecule has 0 fully saturated rings. The second-order valence-corrected chi connectivity index (χ2v) is 23.6. The molecule has 0 aromatic rings. The zero-order valence-corrected chi connectivity index (χ0v) is 50.7. The Morgan fingerprint density at radius 3 is 0.730 bits per heavy atom. The van der Waals surface area contributed by atoms with E-state index >= 15 is 0 Å². The van der Waals surface area contributed by atoms with E-state index in [4.69, 9.17) is 9.47 Å². The Morgan fingerprint density at radius 2 is 0.500 bits per heavy atom. The number of esters is 2. The first-order valence-corrected chi connectivity index (χ1v) is 34.2. The van der Waals surface area contributed by atoms with Crippen LogP contribution in [0.25, 0.3) is 0 Å². The first kappa shape index (κ1) is 72.6. The Balaban J connectivity index is 3.37. The van der Waals surface area contributed by atoms with E-state index in [-0.39, 0.29) is 25.2 Å². The summed E-state index contributed by atoms with van der Waals surface area (Å²) < 4.78 is 10.8. The van der Waals surface area contributed by atoms with Gasteiger partial charge in [-0.25, -0.2) is 0 Å². The minimum absolute atomic E-state index is 0.0570. The minimum Gasteiger partial charge on any atom is -0.462 e. The Kier molecular flexibility index (Phi) is 64.7. The SMILES string of the molecule is CCCCCCCCCC/C=C\CCCCCCCCCCCCCCCCCCCC(=O)OC(CO)COC(=O)CCCCCCCCCCCCCCCCCCCCCCCCCCCCCCCCC. The topological polar surface area (TPSA) is 72.8 Å². The van der Waals surface area contributed by atoms with Crippen LogP contribution in [-0.2, 0) is 19.1 Å². The Labute approximate surface area is 464 Å². The monoisotopic (exact) mass is 1040 g/mol. The molecule has 0 aliphatic heterocycles. The number of carbonyl (C=O) groups excluding carboxylic acids is 2. The van der Waals surface area contributed by atoms with Gasteiger partial charge in [-0.1, -0.05) is 360 Å². The zero-order valence-electron chi connectivity index (χ0n) is 50.7. The predicted octanol–water partition coefficient (Wildman–Crippen LogP) is 23.4. The molecule has 0 saturated heterocycles. The van der Waals surface area contributed by atoms with Gasteiger partial charge in [0, 0.05) is 12.8 Å². The lowest BCUT2D eigenvalue weighted by molar-refractivity contribution is -0.161. The summed E-state index contributed by atoms with van der Waals surface area (Å²) >= 11 is 0. The van der Waals surface area contributed by atoms with Crippen LogP contribution < -0.4 is 0 Å². The molecule has 0 saturated carbocycles. The predicted molar refractivity (Wildman–Crippen MR) is 325 cm³/mol. The zero-order chi connectivity index (χ0) is 53.4. The van der Waals surface area contributed by atoms with Crippen LogP contribution in [0.1, 0.15) is 399 Å². The Morgan fingerprint density at radius 1 is 0.297 bits per heavy atom. The van der Waals surface area contributed by atoms with E-state index in [9.17, 15) is 14.7 Å². The maximum atomic E-state index is 12.4. The highest BCUT2D eigenvalue weighted by atomic mass is 16.6. The maximum Gasteiger partial charge on any atom is 0.306 e. The van der Waals surface area contributed by atoms with Crippen molar-refractivity contribution in [3.63, 3.8) is 0 Å². The highest BCUT2D eigenvalue weighted by Crippen LogP contribution is 2.19. The molecule has 1 N–H and O–H groups in total. The van der Waals surface area contributed by atoms with E-state index in [1.54, 1.807) is 0 Å². The molecule has 0 radical (unpaired) electrons. The molecular weight excluding hydrogens is 909 g/mol. The summed E-state index contributed by atoms with van der Waals surface area (Å²) in [4.78, 5) is 24.6. The minimum atomic E-state index is -0.767. The van der Waals surface area contributed by atoms with Crippen molar-refractivity contribution < 1.29 is 24.2 Å². The molecule has 0 aliphatic carbocycles. The summed E-state index contributed by atoms with van der Waals surface area (Å²) in [5, 5.41) is 9.69. The third kappa shape index (κ3) is 63.2. The van der Waals surface area contributed by atoms with Crippen molar-refractivity contribution in [2.24, 2.45) is 0 Å². The lowest BCUT2D eigenvalue weighted by Gasteiger charge is -2.15. The van der Waals surface area contributed by atoms with Crippen LogP contribution in [0.3, 0.4) is 0 Å². The van der Waals surface area contributed by atoms with Crippen molar-refractivity contribution in [3.8, 4) is 0 Å². The Bertz CT molecular complexity index is 1090. The van der Waals surface area contributed by atoms with Gasteiger partial charge in [0.25, 0.3) is 0 Å². The molecule has 0 bridgehead atoms. The highest BCUT2D eigenvalue weighted by Gasteiger charge is 2.16. The molecule has 0 spiro atoms. The molecule has 1 unspecified atom stereocenters. The molecule has 5 heteroatoms. The number of rotatable bonds is 65. The van der Waals surface area contributed by atoms with Crippen LogP contribution in [0, 0.1) is 0 Å². The normalized spacial score (nSPS) is 12.1. The summed E-state index contributed by atoms with van der Waals surface area (Å²) in [5.41, 5.74) is 0. The first-order valence-electron chi connectivity index (χ1n) is 34.2. The maximum absolute atomic E-state index is 12.4. The molecule has 0 aliphatic rings. The molecule has 0 amide bonds. The van der Waals surface area contributed by atoms with Gasteiger partial charge in [-0.05, 0) is 38.5 Å². The molecule has 0 rings (SSSR count). The van der Waals surface area contributed by atoms with E-state index in [1.165, 1.54) is 340 Å². The molecule has 1 atom stereocenters. The van der Waals surface area contributed by atoms with Crippen LogP contribution in [0.15, 0.2) is 12.2 Å². The van der Waals surface area contributed by atoms with E-state index in [1.807, 2.05) is 0 Å². The van der Waals surface area contributed by atoms with Gasteiger partial charge in [-0.3, -0.25) is 9.59 Å². The van der Waals surface area contributed by atoms with Crippen LogP contribution in [0.4, 0.5) is 0 Å². The van der Waals surface area contributed by atoms with Gasteiger partial charge in [0.2, 0.25) is 0 Å². The summed E-state index contributed by atoms with van der Waals surface area (Å²) in [6.45, 7) is 4.22. The number of aliphatic hydroxyl groups is 1. The number of unbranched alkanes of at least 4 members (excludes halogenated alkanes) is 55. The number of aliphatic hydroxyl groups excluding tert-OH is 1. The molecule has 5 nitrogen and oxygen atoms in total. The van der Waals surface area contributed by atoms with Gasteiger partial charge >= 0.3 is 11.9 Å². The van der Waals surface area contributed by atoms with Crippen molar-refractivity contribution in [2.45, 2.75) is 405 Å². The van der Waals surface area contributed by atoms with E-state index in [0.717, 1.165) is 32.1 Å². The fourth-order valence-corrected chi connectivity index (χ4v) is 10.9. The lowest BCUT2D eigenvalue weighted by atomic mass is 10.0. The summed E-state index contributed by atoms with van der Waals surface area (Å²) in [6.07, 6.45) is 83.9. The summed E-state index contributed by atoms with van der Waals surface area (Å²) in [7, 11) is 0. The number of allylic oxidation sites excluding steroid dienone is 2. The van der Waals surface area contributed by atoms with Gasteiger partial charge < -0.3 is 14.6 Å². The van der Waals surface area contributed by atoms with Crippen LogP contribution in [0.2, 0.25) is 0 Å². The standard InChI is InChI=1S/C69H134O5/c1-3-5-7-9-11-13-15-17-19-21-23-25-27-29-31-33-34-36-37-39-41-43-45-47-49-51-53-55-57-59-61-63-68(71)73-66-67(65-70)74-69(72)64-62-60-58-56-54-52-50-48-46-44-42-40-38-35-32-30-28-26-24-22-20-18-16-14-12-10-8-6-4-2/h22,24,67,70H,3-21,23,25-66H2,1-2H3/b24-22-. The third-order valence-corrected chi connectivity index (χ3v) is 16.1. The molecule has 74 heavy (non-hydrogen) atoms. The average Bonchev–Trinajstić information content (AvgIpc) is 3.40. The Hall–Kier alpha value is -1.36. The molecule has 0 aromatic carbocycles. The van der Waals surface area contributed by atoms with Gasteiger partial charge in [0.15, 0.2) is 6.10 Å². The van der Waals surface area contributed by atoms with Gasteiger partial charge in [-0.2, -0.15) is 0 Å². The van der Waals surface area contributed by atoms with Crippen molar-refractivity contribution in [3.05, 3.63) is 12.2 Å². The molecule has 440 valence electrons. The van der Waals surface area contributed by atoms with Crippen LogP contribution in [0.5, 0.6) is 0 Å². The largest absolute Gasteiger partial charge is 0.462 e. The average molecular weight is 1040 g/mol. The second kappa shape index (κ2) is 65.9. The summed E-state index contributed by atoms with van der Waals surface area (Å²) in [6, 6.07) is 0. The van der Waals surface area contributed by atoms with Gasteiger partial charge in [0.1, 0.15) is 6.61 Å². The van der Waals surface area contributed by atoms with Gasteiger partial charge in [0.05, 0.1) is 6.61 Å². The van der Waals surface area contributed by atoms with Crippen molar-refractivity contribution in [1.29, 1.82) is 0 Å². The van der Waals surface area contributed by atoms with E-state index < -0.39 is 6.10 Å². The van der Waals surface area contributed by atoms with Crippen LogP contribution >= 0.6 is 0 Å². The van der Waals surface area contributed by atoms with Crippen LogP contribution in [-0.4, -0.2) is 36.4 Å². The number of carbonyl (C=O) groups is 2. The number of hydrogen-bond acceptors (Lipinski definition) is 5. The molecular formula is C69H134O5. The highest BCUT2D eigenvalue weighted by molar-refractivity contribution is 5.70. The quantitative estimate of drug-likeness (QED) is 0.0373. The summed E-state index contributed by atoms with van der Waals surface area (Å²) in [5.74, 6) is -0.562. The van der Waals surface area contributed by atoms with E-state index in [2.05, 4.69) is 26.0 Å². The van der Waals surface area contributed by atoms with Crippen molar-refractivity contribution in [2.75, 3.05) is 13.2 Å². The van der Waals surface area contributed by atoms with Crippen molar-refractivity contribution >= 4 is 11.9 Å². The second-order valence-electron chi connectivity index (χ2n) is 23.6. The lowest BCUT2D eigenvalue weighted by Crippen LogP contribution is -2.28. The smallest absolute Gasteiger partial charge is 0.306 e. The fourth-order valence-electron chi connectivity index (χ4n) is 10.9. The number of ether oxygens (including phenoxy) is 2. The molecule has 0 aromatic heterocycles. The van der Waals surface area contributed by atoms with E-state index in [0.29, 0.717) is 12.8 Å². The van der Waals surface area contributed by atoms with Crippen molar-refractivity contribution in [1.82, 2.24) is 0 Å². The van der Waals surface area contributed by atoms with Gasteiger partial charge in [-0.15, -0.1) is 0 Å². The first-order chi connectivity index (χ1) is 36.6. The third-order valence-electron chi connectivity index (χ3n) is 16.1. The number of hydrogen-bond donors (Lipinski definition) is 1. The molecule has 0 heterocycles. The fraction of sp³-hybridized carbons (Fsp3) is 0.942.